The van der Waals surface area contributed by atoms with Crippen LogP contribution in [-0.2, 0) is 36.9 Å². The Morgan fingerprint density at radius 3 is 1.25 bits per heavy atom. The van der Waals surface area contributed by atoms with Gasteiger partial charge in [-0.25, -0.2) is 0 Å². The fourth-order valence-corrected chi connectivity index (χ4v) is 0. The quantitative estimate of drug-likeness (QED) is 0.515. The van der Waals surface area contributed by atoms with E-state index < -0.39 is 0 Å². The van der Waals surface area contributed by atoms with E-state index in [4.69, 9.17) is 3.02 Å². The number of hydrogen-bond acceptors (Lipinski definition) is 1. The van der Waals surface area contributed by atoms with Crippen LogP contribution in [-0.4, -0.2) is 23.0 Å². The summed E-state index contributed by atoms with van der Waals surface area (Å²) in [7, 11) is 0. The third-order valence-electron chi connectivity index (χ3n) is 0. The van der Waals surface area contributed by atoms with Gasteiger partial charge in [-0.1, -0.05) is 0 Å². The Balaban J connectivity index is -0.00000000500. The molecular weight excluding hydrogens is 248 g/mol. The molecule has 0 radical (unpaired) electrons. The van der Waals surface area contributed by atoms with Gasteiger partial charge in [0, 0.05) is 33.9 Å². The summed E-state index contributed by atoms with van der Waals surface area (Å²) in [6.07, 6.45) is 0. The first-order chi connectivity index (χ1) is 1.00. The molecule has 0 bridgehead atoms. The Kier molecular flexibility index (Phi) is 99.3. The van der Waals surface area contributed by atoms with Crippen LogP contribution in [0.4, 0.5) is 0 Å². The summed E-state index contributed by atoms with van der Waals surface area (Å²) in [6, 6.07) is 0. The predicted molar refractivity (Wildman–Crippen MR) is 7.84 cm³/mol. The molecule has 28 valence electrons. The van der Waals surface area contributed by atoms with Gasteiger partial charge in [-0.05, 0) is 0 Å². The zero-order valence-corrected chi connectivity index (χ0v) is 6.75. The van der Waals surface area contributed by atoms with Crippen molar-refractivity contribution in [3.63, 3.8) is 0 Å². The van der Waals surface area contributed by atoms with Gasteiger partial charge in [0.1, 0.15) is 0 Å². The molecule has 4 heavy (non-hydrogen) atoms. The Morgan fingerprint density at radius 1 is 1.25 bits per heavy atom. The van der Waals surface area contributed by atoms with Crippen LogP contribution in [0.1, 0.15) is 0 Å². The van der Waals surface area contributed by atoms with E-state index in [9.17, 15) is 0 Å². The summed E-state index contributed by atoms with van der Waals surface area (Å²) < 4.78 is 8.34. The molecule has 0 unspecified atom stereocenters. The Hall–Kier alpha value is 1.64. The molecule has 0 saturated carbocycles. The van der Waals surface area contributed by atoms with Crippen LogP contribution in [0.5, 0.6) is 0 Å². The van der Waals surface area contributed by atoms with Crippen LogP contribution in [0.25, 0.3) is 0 Å². The van der Waals surface area contributed by atoms with Crippen molar-refractivity contribution >= 4 is 23.0 Å². The maximum atomic E-state index is 8.34. The van der Waals surface area contributed by atoms with Gasteiger partial charge in [0.25, 0.3) is 0 Å². The molecular formula is HCrNiOSb. The maximum absolute atomic E-state index is 8.34. The van der Waals surface area contributed by atoms with E-state index in [2.05, 4.69) is 0 Å². The molecule has 0 aromatic rings. The van der Waals surface area contributed by atoms with E-state index in [1.165, 1.54) is 0 Å². The standard InChI is InChI=1S/Cr.Ni.O.Sb.H. The molecule has 0 aliphatic heterocycles. The summed E-state index contributed by atoms with van der Waals surface area (Å²) in [4.78, 5) is 0. The van der Waals surface area contributed by atoms with Crippen LogP contribution in [0.3, 0.4) is 0 Å². The first kappa shape index (κ1) is 17.4. The van der Waals surface area contributed by atoms with Crippen molar-refractivity contribution in [2.24, 2.45) is 0 Å². The molecule has 0 N–H and O–H groups in total. The number of hydrogen-bond donors (Lipinski definition) is 0. The molecule has 0 atom stereocenters. The molecule has 0 aromatic heterocycles. The minimum atomic E-state index is 0. The van der Waals surface area contributed by atoms with Gasteiger partial charge < -0.3 is 0 Å². The third-order valence-corrected chi connectivity index (χ3v) is 0. The summed E-state index contributed by atoms with van der Waals surface area (Å²) in [5.41, 5.74) is 0. The van der Waals surface area contributed by atoms with Gasteiger partial charge >= 0.3 is 26.0 Å². The van der Waals surface area contributed by atoms with Crippen molar-refractivity contribution in [3.05, 3.63) is 0 Å². The summed E-state index contributed by atoms with van der Waals surface area (Å²) >= 11 is 0.300. The second-order valence-electron chi connectivity index (χ2n) is 0. The van der Waals surface area contributed by atoms with Crippen molar-refractivity contribution in [3.8, 4) is 0 Å². The van der Waals surface area contributed by atoms with Crippen molar-refractivity contribution in [1.29, 1.82) is 0 Å². The van der Waals surface area contributed by atoms with Crippen LogP contribution >= 0.6 is 0 Å². The van der Waals surface area contributed by atoms with Crippen LogP contribution in [0.15, 0.2) is 0 Å². The molecule has 0 amide bonds. The van der Waals surface area contributed by atoms with Crippen molar-refractivity contribution in [2.45, 2.75) is 0 Å². The van der Waals surface area contributed by atoms with E-state index in [1.807, 2.05) is 0 Å². The molecule has 0 spiro atoms. The normalized spacial score (nSPS) is 1.00. The van der Waals surface area contributed by atoms with Gasteiger partial charge in [0.2, 0.25) is 0 Å². The fraction of sp³-hybridized carbons (Fsp3) is 0. The van der Waals surface area contributed by atoms with Crippen LogP contribution in [0, 0.1) is 0 Å². The molecule has 0 rings (SSSR count). The average molecular weight is 249 g/mol. The van der Waals surface area contributed by atoms with Gasteiger partial charge in [-0.3, -0.25) is 0 Å². The summed E-state index contributed by atoms with van der Waals surface area (Å²) in [5.74, 6) is 0. The second-order valence-corrected chi connectivity index (χ2v) is 0. The topological polar surface area (TPSA) is 17.1 Å². The van der Waals surface area contributed by atoms with Crippen LogP contribution in [0.2, 0.25) is 0 Å². The second kappa shape index (κ2) is 22.8. The van der Waals surface area contributed by atoms with E-state index in [0.29, 0.717) is 23.0 Å². The molecule has 0 heterocycles. The van der Waals surface area contributed by atoms with Gasteiger partial charge in [-0.2, -0.15) is 0 Å². The van der Waals surface area contributed by atoms with Crippen molar-refractivity contribution in [2.75, 3.05) is 0 Å². The van der Waals surface area contributed by atoms with Gasteiger partial charge in [0.15, 0.2) is 0 Å². The molecule has 1 nitrogen and oxygen atoms in total. The Bertz CT molecular complexity index is 8.00. The summed E-state index contributed by atoms with van der Waals surface area (Å²) in [5, 5.41) is 0. The van der Waals surface area contributed by atoms with E-state index in [-0.39, 0.29) is 33.9 Å². The molecule has 0 fully saturated rings. The molecule has 0 aliphatic rings. The van der Waals surface area contributed by atoms with Gasteiger partial charge in [-0.15, -0.1) is 0 Å². The first-order valence-electron chi connectivity index (χ1n) is 0.204. The zero-order chi connectivity index (χ0) is 2.00. The average Bonchev–Trinajstić information content (AvgIpc) is 1.00. The third kappa shape index (κ3) is 9.43. The molecule has 4 heteroatoms. The SMILES string of the molecule is [Cr].[Ni].[O]=[SbH]. The van der Waals surface area contributed by atoms with Crippen LogP contribution < -0.4 is 0 Å². The Morgan fingerprint density at radius 2 is 1.25 bits per heavy atom. The van der Waals surface area contributed by atoms with E-state index >= 15 is 0 Å². The monoisotopic (exact) mass is 248 g/mol. The predicted octanol–water partition coefficient (Wildman–Crippen LogP) is -0.772. The van der Waals surface area contributed by atoms with E-state index in [1.54, 1.807) is 0 Å². The fourth-order valence-electron chi connectivity index (χ4n) is 0. The van der Waals surface area contributed by atoms with E-state index in [0.717, 1.165) is 0 Å². The molecule has 0 saturated heterocycles. The zero-order valence-electron chi connectivity index (χ0n) is 1.63. The Labute approximate surface area is 59.5 Å². The minimum absolute atomic E-state index is 0. The molecule has 0 aromatic carbocycles. The van der Waals surface area contributed by atoms with Crippen molar-refractivity contribution < 1.29 is 36.9 Å². The number of rotatable bonds is 0. The molecule has 0 aliphatic carbocycles. The summed E-state index contributed by atoms with van der Waals surface area (Å²) in [6.45, 7) is 0. The van der Waals surface area contributed by atoms with Crippen molar-refractivity contribution in [1.82, 2.24) is 0 Å². The first-order valence-corrected chi connectivity index (χ1v) is 1.37. The van der Waals surface area contributed by atoms with Gasteiger partial charge in [0.05, 0.1) is 0 Å².